The van der Waals surface area contributed by atoms with Crippen molar-refractivity contribution < 1.29 is 8.42 Å². The van der Waals surface area contributed by atoms with Crippen LogP contribution in [0.5, 0.6) is 0 Å². The van der Waals surface area contributed by atoms with Crippen molar-refractivity contribution in [3.63, 3.8) is 0 Å². The first-order valence-electron chi connectivity index (χ1n) is 6.97. The predicted octanol–water partition coefficient (Wildman–Crippen LogP) is 1.04. The number of piperidine rings is 1. The molecule has 0 bridgehead atoms. The van der Waals surface area contributed by atoms with E-state index in [1.54, 1.807) is 7.05 Å². The van der Waals surface area contributed by atoms with Crippen molar-refractivity contribution in [1.29, 1.82) is 0 Å². The molecule has 1 saturated heterocycles. The standard InChI is InChI=1S/C12H27N3O2S/c1-4-15(5-2)18(16,17)14(3)11-9-12-8-6-7-10-13-12/h12-13H,4-11H2,1-3H3. The summed E-state index contributed by atoms with van der Waals surface area (Å²) in [5.41, 5.74) is 0. The highest BCUT2D eigenvalue weighted by Gasteiger charge is 2.25. The summed E-state index contributed by atoms with van der Waals surface area (Å²) in [5.74, 6) is 0. The third-order valence-corrected chi connectivity index (χ3v) is 5.77. The van der Waals surface area contributed by atoms with Crippen LogP contribution in [-0.4, -0.2) is 56.3 Å². The SMILES string of the molecule is CCN(CC)S(=O)(=O)N(C)CCC1CCCCN1. The molecule has 0 aromatic carbocycles. The Morgan fingerprint density at radius 3 is 2.39 bits per heavy atom. The van der Waals surface area contributed by atoms with Crippen molar-refractivity contribution in [3.8, 4) is 0 Å². The van der Waals surface area contributed by atoms with Crippen LogP contribution in [0.25, 0.3) is 0 Å². The van der Waals surface area contributed by atoms with E-state index in [9.17, 15) is 8.42 Å². The molecule has 0 aliphatic carbocycles. The zero-order chi connectivity index (χ0) is 13.6. The first-order chi connectivity index (χ1) is 8.52. The Kier molecular flexibility index (Phi) is 6.55. The van der Waals surface area contributed by atoms with Crippen LogP contribution < -0.4 is 5.32 Å². The lowest BCUT2D eigenvalue weighted by molar-refractivity contribution is 0.333. The van der Waals surface area contributed by atoms with E-state index in [0.717, 1.165) is 13.0 Å². The van der Waals surface area contributed by atoms with Gasteiger partial charge in [-0.15, -0.1) is 0 Å². The molecule has 0 saturated carbocycles. The first kappa shape index (κ1) is 15.9. The van der Waals surface area contributed by atoms with Crippen LogP contribution in [-0.2, 0) is 10.2 Å². The Morgan fingerprint density at radius 1 is 1.22 bits per heavy atom. The normalized spacial score (nSPS) is 21.7. The van der Waals surface area contributed by atoms with E-state index in [4.69, 9.17) is 0 Å². The molecule has 1 aliphatic rings. The average Bonchev–Trinajstić information content (AvgIpc) is 2.38. The summed E-state index contributed by atoms with van der Waals surface area (Å²) in [5, 5.41) is 3.45. The number of rotatable bonds is 7. The van der Waals surface area contributed by atoms with E-state index in [-0.39, 0.29) is 0 Å². The van der Waals surface area contributed by atoms with Gasteiger partial charge in [0, 0.05) is 32.7 Å². The van der Waals surface area contributed by atoms with Crippen LogP contribution in [0.1, 0.15) is 39.5 Å². The maximum absolute atomic E-state index is 12.2. The van der Waals surface area contributed by atoms with Crippen LogP contribution in [0.15, 0.2) is 0 Å². The Bertz CT molecular complexity index is 322. The molecular formula is C12H27N3O2S. The van der Waals surface area contributed by atoms with Crippen molar-refractivity contribution in [2.75, 3.05) is 33.2 Å². The molecular weight excluding hydrogens is 250 g/mol. The van der Waals surface area contributed by atoms with Crippen LogP contribution >= 0.6 is 0 Å². The van der Waals surface area contributed by atoms with Gasteiger partial charge in [-0.05, 0) is 25.8 Å². The largest absolute Gasteiger partial charge is 0.314 e. The van der Waals surface area contributed by atoms with Gasteiger partial charge in [-0.2, -0.15) is 17.0 Å². The second-order valence-corrected chi connectivity index (χ2v) is 6.88. The highest BCUT2D eigenvalue weighted by atomic mass is 32.2. The fourth-order valence-corrected chi connectivity index (χ4v) is 3.75. The lowest BCUT2D eigenvalue weighted by Crippen LogP contribution is -2.44. The Labute approximate surface area is 112 Å². The van der Waals surface area contributed by atoms with Gasteiger partial charge in [0.1, 0.15) is 0 Å². The topological polar surface area (TPSA) is 52.7 Å². The molecule has 1 unspecified atom stereocenters. The molecule has 108 valence electrons. The highest BCUT2D eigenvalue weighted by molar-refractivity contribution is 7.86. The minimum atomic E-state index is -3.26. The molecule has 18 heavy (non-hydrogen) atoms. The summed E-state index contributed by atoms with van der Waals surface area (Å²) in [4.78, 5) is 0. The molecule has 0 amide bonds. The van der Waals surface area contributed by atoms with Gasteiger partial charge in [0.05, 0.1) is 0 Å². The molecule has 1 N–H and O–H groups in total. The summed E-state index contributed by atoms with van der Waals surface area (Å²) >= 11 is 0. The lowest BCUT2D eigenvalue weighted by Gasteiger charge is -2.28. The predicted molar refractivity (Wildman–Crippen MR) is 74.7 cm³/mol. The van der Waals surface area contributed by atoms with Crippen molar-refractivity contribution in [3.05, 3.63) is 0 Å². The summed E-state index contributed by atoms with van der Waals surface area (Å²) < 4.78 is 27.4. The van der Waals surface area contributed by atoms with Crippen LogP contribution in [0.4, 0.5) is 0 Å². The molecule has 1 atom stereocenters. The van der Waals surface area contributed by atoms with Gasteiger partial charge in [-0.3, -0.25) is 0 Å². The monoisotopic (exact) mass is 277 g/mol. The number of nitrogens with zero attached hydrogens (tertiary/aromatic N) is 2. The zero-order valence-corrected chi connectivity index (χ0v) is 12.7. The molecule has 0 spiro atoms. The van der Waals surface area contributed by atoms with Crippen LogP contribution in [0.3, 0.4) is 0 Å². The maximum atomic E-state index is 12.2. The lowest BCUT2D eigenvalue weighted by atomic mass is 10.0. The molecule has 5 nitrogen and oxygen atoms in total. The third kappa shape index (κ3) is 4.19. The fraction of sp³-hybridized carbons (Fsp3) is 1.00. The Hall–Kier alpha value is -0.170. The van der Waals surface area contributed by atoms with Gasteiger partial charge < -0.3 is 5.32 Å². The second kappa shape index (κ2) is 7.43. The smallest absolute Gasteiger partial charge is 0.281 e. The van der Waals surface area contributed by atoms with Crippen LogP contribution in [0, 0.1) is 0 Å². The van der Waals surface area contributed by atoms with E-state index in [1.165, 1.54) is 27.9 Å². The van der Waals surface area contributed by atoms with E-state index < -0.39 is 10.2 Å². The fourth-order valence-electron chi connectivity index (χ4n) is 2.37. The zero-order valence-electron chi connectivity index (χ0n) is 11.9. The van der Waals surface area contributed by atoms with E-state index in [2.05, 4.69) is 5.32 Å². The summed E-state index contributed by atoms with van der Waals surface area (Å²) in [6, 6.07) is 0.480. The average molecular weight is 277 g/mol. The van der Waals surface area contributed by atoms with Gasteiger partial charge in [-0.1, -0.05) is 20.3 Å². The van der Waals surface area contributed by atoms with Crippen molar-refractivity contribution in [2.24, 2.45) is 0 Å². The highest BCUT2D eigenvalue weighted by Crippen LogP contribution is 2.12. The minimum absolute atomic E-state index is 0.480. The molecule has 1 aliphatic heterocycles. The first-order valence-corrected chi connectivity index (χ1v) is 8.36. The van der Waals surface area contributed by atoms with Crippen molar-refractivity contribution in [1.82, 2.24) is 13.9 Å². The molecule has 0 radical (unpaired) electrons. The summed E-state index contributed by atoms with van der Waals surface area (Å²) in [6.07, 6.45) is 4.56. The second-order valence-electron chi connectivity index (χ2n) is 4.85. The van der Waals surface area contributed by atoms with Gasteiger partial charge in [-0.25, -0.2) is 0 Å². The third-order valence-electron chi connectivity index (χ3n) is 3.63. The van der Waals surface area contributed by atoms with Crippen molar-refractivity contribution >= 4 is 10.2 Å². The van der Waals surface area contributed by atoms with E-state index in [0.29, 0.717) is 25.7 Å². The molecule has 1 rings (SSSR count). The molecule has 6 heteroatoms. The van der Waals surface area contributed by atoms with Gasteiger partial charge in [0.2, 0.25) is 0 Å². The minimum Gasteiger partial charge on any atom is -0.314 e. The van der Waals surface area contributed by atoms with Crippen molar-refractivity contribution in [2.45, 2.75) is 45.6 Å². The summed E-state index contributed by atoms with van der Waals surface area (Å²) in [6.45, 7) is 6.47. The van der Waals surface area contributed by atoms with E-state index >= 15 is 0 Å². The van der Waals surface area contributed by atoms with Crippen LogP contribution in [0.2, 0.25) is 0 Å². The molecule has 1 heterocycles. The molecule has 1 fully saturated rings. The quantitative estimate of drug-likeness (QED) is 0.756. The Balaban J connectivity index is 2.45. The number of nitrogens with one attached hydrogen (secondary N) is 1. The number of hydrogen-bond acceptors (Lipinski definition) is 3. The molecule has 0 aromatic heterocycles. The van der Waals surface area contributed by atoms with Gasteiger partial charge >= 0.3 is 0 Å². The van der Waals surface area contributed by atoms with Gasteiger partial charge in [0.15, 0.2) is 0 Å². The summed E-state index contributed by atoms with van der Waals surface area (Å²) in [7, 11) is -1.59. The Morgan fingerprint density at radius 2 is 1.89 bits per heavy atom. The molecule has 0 aromatic rings. The number of hydrogen-bond donors (Lipinski definition) is 1. The maximum Gasteiger partial charge on any atom is 0.281 e. The van der Waals surface area contributed by atoms with Gasteiger partial charge in [0.25, 0.3) is 10.2 Å². The van der Waals surface area contributed by atoms with E-state index in [1.807, 2.05) is 13.8 Å².